The number of carbonyl (C=O) groups excluding carboxylic acids is 2. The van der Waals surface area contributed by atoms with Crippen LogP contribution in [0.25, 0.3) is 11.1 Å². The lowest BCUT2D eigenvalue weighted by Crippen LogP contribution is -2.53. The molecule has 0 saturated carbocycles. The molecule has 0 bridgehead atoms. The molecule has 1 unspecified atom stereocenters. The zero-order chi connectivity index (χ0) is 28.7. The quantitative estimate of drug-likeness (QED) is 0.292. The summed E-state index contributed by atoms with van der Waals surface area (Å²) in [4.78, 5) is 41.7. The lowest BCUT2D eigenvalue weighted by Gasteiger charge is -2.42. The average molecular weight is 554 g/mol. The molecule has 41 heavy (non-hydrogen) atoms. The third kappa shape index (κ3) is 5.01. The van der Waals surface area contributed by atoms with Crippen LogP contribution in [0, 0.1) is 12.7 Å². The molecule has 1 atom stereocenters. The number of amides is 1. The molecule has 2 aromatic heterocycles. The van der Waals surface area contributed by atoms with E-state index in [-0.39, 0.29) is 6.04 Å². The molecular formula is C31H32FN7O2. The van der Waals surface area contributed by atoms with E-state index in [0.717, 1.165) is 54.3 Å². The molecule has 2 aromatic carbocycles. The van der Waals surface area contributed by atoms with E-state index in [0.29, 0.717) is 23.9 Å². The number of nitrogens with zero attached hydrogens (tertiary/aromatic N) is 6. The summed E-state index contributed by atoms with van der Waals surface area (Å²) in [6.45, 7) is 4.92. The van der Waals surface area contributed by atoms with Gasteiger partial charge in [-0.3, -0.25) is 9.59 Å². The molecule has 1 saturated heterocycles. The summed E-state index contributed by atoms with van der Waals surface area (Å²) in [6, 6.07) is 17.6. The number of ketones is 1. The van der Waals surface area contributed by atoms with Crippen LogP contribution in [0.1, 0.15) is 22.6 Å². The zero-order valence-electron chi connectivity index (χ0n) is 23.3. The smallest absolute Gasteiger partial charge is 0.298 e. The van der Waals surface area contributed by atoms with Gasteiger partial charge >= 0.3 is 0 Å². The van der Waals surface area contributed by atoms with E-state index in [1.807, 2.05) is 68.6 Å². The monoisotopic (exact) mass is 553 g/mol. The van der Waals surface area contributed by atoms with Crippen LogP contribution < -0.4 is 20.0 Å². The predicted octanol–water partition coefficient (Wildman–Crippen LogP) is 4.29. The fourth-order valence-electron chi connectivity index (χ4n) is 5.82. The van der Waals surface area contributed by atoms with Gasteiger partial charge in [0.1, 0.15) is 5.69 Å². The Balaban J connectivity index is 1.22. The van der Waals surface area contributed by atoms with Crippen LogP contribution in [0.4, 0.5) is 27.4 Å². The predicted molar refractivity (Wildman–Crippen MR) is 158 cm³/mol. The molecular weight excluding hydrogens is 521 g/mol. The van der Waals surface area contributed by atoms with Crippen molar-refractivity contribution >= 4 is 34.7 Å². The van der Waals surface area contributed by atoms with Crippen LogP contribution in [-0.4, -0.2) is 65.5 Å². The molecule has 1 N–H and O–H groups in total. The highest BCUT2D eigenvalue weighted by Crippen LogP contribution is 2.38. The van der Waals surface area contributed by atoms with Crippen molar-refractivity contribution in [2.45, 2.75) is 19.4 Å². The molecule has 2 aliphatic rings. The first-order valence-corrected chi connectivity index (χ1v) is 13.7. The number of nitrogens with one attached hydrogen (secondary N) is 1. The van der Waals surface area contributed by atoms with E-state index in [4.69, 9.17) is 0 Å². The standard InChI is InChI=1S/C31H32FN7O2/c1-20-15-25(21-7-5-4-6-8-21)28(37(20)3)29(40)30(41)35-23-9-10-26-27(16-23)36(2)12-11-24-19-38(13-14-39(24)26)31-33-17-22(32)18-34-31/h4-10,15-18,24H,11-14,19H2,1-3H3,(H,35,41). The second-order valence-corrected chi connectivity index (χ2v) is 10.7. The fraction of sp³-hybridized carbons (Fsp3) is 0.290. The summed E-state index contributed by atoms with van der Waals surface area (Å²) in [7, 11) is 3.84. The van der Waals surface area contributed by atoms with Crippen molar-refractivity contribution in [3.63, 3.8) is 0 Å². The number of piperazine rings is 1. The number of rotatable bonds is 5. The van der Waals surface area contributed by atoms with Crippen molar-refractivity contribution in [3.8, 4) is 11.1 Å². The van der Waals surface area contributed by atoms with Crippen molar-refractivity contribution in [1.82, 2.24) is 14.5 Å². The second-order valence-electron chi connectivity index (χ2n) is 10.7. The Labute approximate surface area is 238 Å². The first-order chi connectivity index (χ1) is 19.8. The Morgan fingerprint density at radius 2 is 1.71 bits per heavy atom. The van der Waals surface area contributed by atoms with E-state index in [9.17, 15) is 14.0 Å². The van der Waals surface area contributed by atoms with Crippen LogP contribution in [0.15, 0.2) is 67.0 Å². The third-order valence-corrected chi connectivity index (χ3v) is 8.10. The summed E-state index contributed by atoms with van der Waals surface area (Å²) in [5.74, 6) is -1.17. The molecule has 1 amide bonds. The van der Waals surface area contributed by atoms with Crippen LogP contribution in [0.5, 0.6) is 0 Å². The Kier molecular flexibility index (Phi) is 6.90. The van der Waals surface area contributed by atoms with Gasteiger partial charge in [0.05, 0.1) is 23.8 Å². The molecule has 0 spiro atoms. The molecule has 10 heteroatoms. The normalized spacial score (nSPS) is 16.6. The summed E-state index contributed by atoms with van der Waals surface area (Å²) >= 11 is 0. The van der Waals surface area contributed by atoms with Gasteiger partial charge in [0.2, 0.25) is 5.95 Å². The minimum absolute atomic E-state index is 0.222. The van der Waals surface area contributed by atoms with Crippen LogP contribution in [0.3, 0.4) is 0 Å². The maximum absolute atomic E-state index is 13.5. The van der Waals surface area contributed by atoms with Gasteiger partial charge in [0.15, 0.2) is 5.82 Å². The molecule has 4 heterocycles. The fourth-order valence-corrected chi connectivity index (χ4v) is 5.82. The molecule has 6 rings (SSSR count). The van der Waals surface area contributed by atoms with Gasteiger partial charge in [-0.2, -0.15) is 0 Å². The topological polar surface area (TPSA) is 86.6 Å². The Morgan fingerprint density at radius 3 is 2.46 bits per heavy atom. The van der Waals surface area contributed by atoms with E-state index >= 15 is 0 Å². The highest BCUT2D eigenvalue weighted by Gasteiger charge is 2.33. The number of benzene rings is 2. The highest BCUT2D eigenvalue weighted by atomic mass is 19.1. The van der Waals surface area contributed by atoms with Gasteiger partial charge in [0, 0.05) is 63.3 Å². The van der Waals surface area contributed by atoms with Gasteiger partial charge in [-0.05, 0) is 43.2 Å². The number of anilines is 4. The minimum atomic E-state index is -0.676. The molecule has 2 aliphatic heterocycles. The van der Waals surface area contributed by atoms with Gasteiger partial charge in [-0.25, -0.2) is 14.4 Å². The molecule has 9 nitrogen and oxygen atoms in total. The van der Waals surface area contributed by atoms with Crippen LogP contribution >= 0.6 is 0 Å². The number of halogens is 1. The SMILES string of the molecule is Cc1cc(-c2ccccc2)c(C(=O)C(=O)Nc2ccc3c(c2)N(C)CCC2CN(c4ncc(F)cn4)CCN32)n1C. The lowest BCUT2D eigenvalue weighted by molar-refractivity contribution is -0.112. The number of hydrogen-bond donors (Lipinski definition) is 1. The maximum Gasteiger partial charge on any atom is 0.298 e. The summed E-state index contributed by atoms with van der Waals surface area (Å²) in [5, 5.41) is 2.85. The second kappa shape index (κ2) is 10.7. The highest BCUT2D eigenvalue weighted by molar-refractivity contribution is 6.47. The van der Waals surface area contributed by atoms with Crippen molar-refractivity contribution in [2.24, 2.45) is 7.05 Å². The van der Waals surface area contributed by atoms with Crippen molar-refractivity contribution in [1.29, 1.82) is 0 Å². The Morgan fingerprint density at radius 1 is 0.951 bits per heavy atom. The van der Waals surface area contributed by atoms with E-state index in [1.165, 1.54) is 12.4 Å². The molecule has 1 fully saturated rings. The van der Waals surface area contributed by atoms with E-state index in [1.54, 1.807) is 11.6 Å². The summed E-state index contributed by atoms with van der Waals surface area (Å²) in [6.07, 6.45) is 3.32. The molecule has 4 aromatic rings. The summed E-state index contributed by atoms with van der Waals surface area (Å²) < 4.78 is 15.1. The number of aryl methyl sites for hydroxylation is 1. The molecule has 210 valence electrons. The van der Waals surface area contributed by atoms with Gasteiger partial charge in [-0.15, -0.1) is 0 Å². The maximum atomic E-state index is 13.5. The summed E-state index contributed by atoms with van der Waals surface area (Å²) in [5.41, 5.74) is 5.52. The number of aromatic nitrogens is 3. The third-order valence-electron chi connectivity index (χ3n) is 8.10. The van der Waals surface area contributed by atoms with Gasteiger partial charge < -0.3 is 24.6 Å². The largest absolute Gasteiger partial charge is 0.373 e. The lowest BCUT2D eigenvalue weighted by atomic mass is 10.0. The van der Waals surface area contributed by atoms with Crippen molar-refractivity contribution in [2.75, 3.05) is 53.2 Å². The van der Waals surface area contributed by atoms with Crippen molar-refractivity contribution < 1.29 is 14.0 Å². The van der Waals surface area contributed by atoms with Crippen LogP contribution in [0.2, 0.25) is 0 Å². The van der Waals surface area contributed by atoms with E-state index in [2.05, 4.69) is 30.0 Å². The molecule has 0 aliphatic carbocycles. The number of hydrogen-bond acceptors (Lipinski definition) is 7. The van der Waals surface area contributed by atoms with Crippen molar-refractivity contribution in [3.05, 3.63) is 84.2 Å². The van der Waals surface area contributed by atoms with Gasteiger partial charge in [0.25, 0.3) is 11.7 Å². The van der Waals surface area contributed by atoms with Crippen LogP contribution in [-0.2, 0) is 11.8 Å². The minimum Gasteiger partial charge on any atom is -0.373 e. The number of fused-ring (bicyclic) bond motifs is 3. The number of carbonyl (C=O) groups is 2. The first kappa shape index (κ1) is 26.5. The Hall–Kier alpha value is -4.73. The Bertz CT molecular complexity index is 1600. The first-order valence-electron chi connectivity index (χ1n) is 13.7. The number of Topliss-reactive ketones (excluding diaryl/α,β-unsaturated/α-hetero) is 1. The van der Waals surface area contributed by atoms with E-state index < -0.39 is 17.5 Å². The molecule has 0 radical (unpaired) electrons. The average Bonchev–Trinajstić information content (AvgIpc) is 3.21. The zero-order valence-corrected chi connectivity index (χ0v) is 23.3. The van der Waals surface area contributed by atoms with Gasteiger partial charge in [-0.1, -0.05) is 30.3 Å².